The van der Waals surface area contributed by atoms with Crippen LogP contribution in [-0.2, 0) is 16.6 Å². The maximum atomic E-state index is 12.8. The van der Waals surface area contributed by atoms with Crippen molar-refractivity contribution in [1.82, 2.24) is 0 Å². The number of aliphatic hydroxyl groups is 1. The second-order valence-electron chi connectivity index (χ2n) is 4.47. The molecule has 112 valence electrons. The van der Waals surface area contributed by atoms with Crippen LogP contribution in [0.2, 0.25) is 0 Å². The number of benzene rings is 2. The molecule has 21 heavy (non-hydrogen) atoms. The zero-order chi connectivity index (χ0) is 15.6. The summed E-state index contributed by atoms with van der Waals surface area (Å²) in [6, 6.07) is 8.09. The van der Waals surface area contributed by atoms with Gasteiger partial charge >= 0.3 is 0 Å². The fraction of sp³-hybridized carbons (Fsp3) is 0.143. The van der Waals surface area contributed by atoms with E-state index in [-0.39, 0.29) is 17.2 Å². The van der Waals surface area contributed by atoms with Gasteiger partial charge in [0.2, 0.25) is 0 Å². The highest BCUT2D eigenvalue weighted by Gasteiger charge is 2.19. The number of sulfonamides is 1. The highest BCUT2D eigenvalue weighted by Crippen LogP contribution is 2.27. The predicted octanol–water partition coefficient (Wildman–Crippen LogP) is 3.19. The van der Waals surface area contributed by atoms with Crippen LogP contribution in [0, 0.1) is 12.7 Å². The lowest BCUT2D eigenvalue weighted by molar-refractivity contribution is 0.281. The molecule has 0 atom stereocenters. The SMILES string of the molecule is Cc1c(Br)cc(CO)cc1S(=O)(=O)Nc1ccc(F)cc1. The van der Waals surface area contributed by atoms with Crippen LogP contribution in [0.4, 0.5) is 10.1 Å². The van der Waals surface area contributed by atoms with Crippen molar-refractivity contribution in [2.45, 2.75) is 18.4 Å². The average Bonchev–Trinajstić information content (AvgIpc) is 2.43. The zero-order valence-corrected chi connectivity index (χ0v) is 13.5. The lowest BCUT2D eigenvalue weighted by Gasteiger charge is -2.13. The van der Waals surface area contributed by atoms with Crippen LogP contribution in [0.3, 0.4) is 0 Å². The van der Waals surface area contributed by atoms with Crippen LogP contribution in [0.25, 0.3) is 0 Å². The molecule has 2 N–H and O–H groups in total. The normalized spacial score (nSPS) is 11.4. The van der Waals surface area contributed by atoms with Crippen LogP contribution < -0.4 is 4.72 Å². The molecular formula is C14H13BrFNO3S. The lowest BCUT2D eigenvalue weighted by Crippen LogP contribution is -2.15. The molecule has 0 bridgehead atoms. The van der Waals surface area contributed by atoms with Gasteiger partial charge < -0.3 is 5.11 Å². The van der Waals surface area contributed by atoms with Crippen LogP contribution in [0.1, 0.15) is 11.1 Å². The van der Waals surface area contributed by atoms with E-state index >= 15 is 0 Å². The van der Waals surface area contributed by atoms with E-state index in [1.165, 1.54) is 30.3 Å². The lowest BCUT2D eigenvalue weighted by atomic mass is 10.2. The molecule has 0 amide bonds. The van der Waals surface area contributed by atoms with E-state index in [4.69, 9.17) is 0 Å². The summed E-state index contributed by atoms with van der Waals surface area (Å²) in [6.45, 7) is 1.39. The third kappa shape index (κ3) is 3.61. The molecule has 7 heteroatoms. The van der Waals surface area contributed by atoms with Crippen molar-refractivity contribution in [3.63, 3.8) is 0 Å². The molecule has 0 saturated heterocycles. The van der Waals surface area contributed by atoms with Crippen molar-refractivity contribution >= 4 is 31.6 Å². The third-order valence-electron chi connectivity index (χ3n) is 2.92. The average molecular weight is 374 g/mol. The summed E-state index contributed by atoms with van der Waals surface area (Å²) in [5.41, 5.74) is 1.27. The molecular weight excluding hydrogens is 361 g/mol. The number of rotatable bonds is 4. The molecule has 0 aliphatic rings. The second kappa shape index (κ2) is 6.13. The minimum Gasteiger partial charge on any atom is -0.392 e. The van der Waals surface area contributed by atoms with Crippen LogP contribution in [-0.4, -0.2) is 13.5 Å². The van der Waals surface area contributed by atoms with Gasteiger partial charge in [-0.25, -0.2) is 12.8 Å². The quantitative estimate of drug-likeness (QED) is 0.864. The number of hydrogen-bond donors (Lipinski definition) is 2. The molecule has 0 radical (unpaired) electrons. The Hall–Kier alpha value is -1.44. The Kier molecular flexibility index (Phi) is 4.65. The summed E-state index contributed by atoms with van der Waals surface area (Å²) in [4.78, 5) is 0.0604. The Morgan fingerprint density at radius 2 is 1.86 bits per heavy atom. The first-order valence-corrected chi connectivity index (χ1v) is 8.29. The molecule has 0 heterocycles. The van der Waals surface area contributed by atoms with Crippen LogP contribution in [0.15, 0.2) is 45.8 Å². The molecule has 4 nitrogen and oxygen atoms in total. The second-order valence-corrected chi connectivity index (χ2v) is 6.98. The standard InChI is InChI=1S/C14H13BrFNO3S/c1-9-13(15)6-10(8-18)7-14(9)21(19,20)17-12-4-2-11(16)3-5-12/h2-7,17-18H,8H2,1H3. The third-order valence-corrected chi connectivity index (χ3v) is 5.26. The van der Waals surface area contributed by atoms with Gasteiger partial charge in [0.05, 0.1) is 11.5 Å². The van der Waals surface area contributed by atoms with E-state index in [0.717, 1.165) is 0 Å². The summed E-state index contributed by atoms with van der Waals surface area (Å²) >= 11 is 3.27. The molecule has 2 aromatic carbocycles. The summed E-state index contributed by atoms with van der Waals surface area (Å²) in [6.07, 6.45) is 0. The molecule has 0 spiro atoms. The maximum absolute atomic E-state index is 12.8. The highest BCUT2D eigenvalue weighted by molar-refractivity contribution is 9.10. The van der Waals surface area contributed by atoms with E-state index in [1.807, 2.05) is 0 Å². The molecule has 0 saturated carbocycles. The summed E-state index contributed by atoms with van der Waals surface area (Å²) in [5, 5.41) is 9.19. The number of hydrogen-bond acceptors (Lipinski definition) is 3. The summed E-state index contributed by atoms with van der Waals surface area (Å²) in [7, 11) is -3.83. The molecule has 2 aromatic rings. The zero-order valence-electron chi connectivity index (χ0n) is 11.1. The first-order valence-electron chi connectivity index (χ1n) is 6.02. The molecule has 0 aliphatic carbocycles. The summed E-state index contributed by atoms with van der Waals surface area (Å²) in [5.74, 6) is -0.445. The van der Waals surface area contributed by atoms with Crippen molar-refractivity contribution < 1.29 is 17.9 Å². The van der Waals surface area contributed by atoms with Gasteiger partial charge in [0.25, 0.3) is 10.0 Å². The van der Waals surface area contributed by atoms with Gasteiger partial charge in [0.1, 0.15) is 5.82 Å². The maximum Gasteiger partial charge on any atom is 0.262 e. The van der Waals surface area contributed by atoms with Gasteiger partial charge in [0, 0.05) is 10.2 Å². The fourth-order valence-electron chi connectivity index (χ4n) is 1.81. The van der Waals surface area contributed by atoms with Gasteiger partial charge in [-0.05, 0) is 54.4 Å². The Balaban J connectivity index is 2.44. The topological polar surface area (TPSA) is 66.4 Å². The van der Waals surface area contributed by atoms with Gasteiger partial charge in [-0.3, -0.25) is 4.72 Å². The van der Waals surface area contributed by atoms with E-state index in [9.17, 15) is 17.9 Å². The Morgan fingerprint density at radius 1 is 1.24 bits per heavy atom. The fourth-order valence-corrected chi connectivity index (χ4v) is 3.82. The first-order chi connectivity index (χ1) is 9.83. The van der Waals surface area contributed by atoms with E-state index < -0.39 is 15.8 Å². The number of aliphatic hydroxyl groups excluding tert-OH is 1. The molecule has 0 aliphatic heterocycles. The monoisotopic (exact) mass is 373 g/mol. The van der Waals surface area contributed by atoms with Crippen molar-refractivity contribution in [2.75, 3.05) is 4.72 Å². The minimum absolute atomic E-state index is 0.0604. The smallest absolute Gasteiger partial charge is 0.262 e. The largest absolute Gasteiger partial charge is 0.392 e. The van der Waals surface area contributed by atoms with E-state index in [2.05, 4.69) is 20.7 Å². The Bertz CT molecular complexity index is 761. The predicted molar refractivity (Wildman–Crippen MR) is 82.0 cm³/mol. The first kappa shape index (κ1) is 15.9. The van der Waals surface area contributed by atoms with Gasteiger partial charge in [-0.2, -0.15) is 0 Å². The number of nitrogens with one attached hydrogen (secondary N) is 1. The Labute approximate surface area is 130 Å². The minimum atomic E-state index is -3.83. The number of anilines is 1. The van der Waals surface area contributed by atoms with Gasteiger partial charge in [-0.1, -0.05) is 15.9 Å². The number of halogens is 2. The molecule has 0 unspecified atom stereocenters. The molecule has 0 fully saturated rings. The van der Waals surface area contributed by atoms with Crippen molar-refractivity contribution in [2.24, 2.45) is 0 Å². The van der Waals surface area contributed by atoms with E-state index in [1.54, 1.807) is 13.0 Å². The van der Waals surface area contributed by atoms with Crippen molar-refractivity contribution in [3.8, 4) is 0 Å². The van der Waals surface area contributed by atoms with Crippen LogP contribution in [0.5, 0.6) is 0 Å². The van der Waals surface area contributed by atoms with Crippen LogP contribution >= 0.6 is 15.9 Å². The van der Waals surface area contributed by atoms with Crippen molar-refractivity contribution in [3.05, 3.63) is 57.8 Å². The summed E-state index contributed by atoms with van der Waals surface area (Å²) < 4.78 is 40.7. The van der Waals surface area contributed by atoms with Gasteiger partial charge in [-0.15, -0.1) is 0 Å². The Morgan fingerprint density at radius 3 is 2.43 bits per heavy atom. The molecule has 0 aromatic heterocycles. The van der Waals surface area contributed by atoms with Crippen molar-refractivity contribution in [1.29, 1.82) is 0 Å². The highest BCUT2D eigenvalue weighted by atomic mass is 79.9. The molecule has 2 rings (SSSR count). The van der Waals surface area contributed by atoms with Gasteiger partial charge in [0.15, 0.2) is 0 Å². The van der Waals surface area contributed by atoms with E-state index in [0.29, 0.717) is 15.6 Å².